The molecule has 1 heterocycles. The highest BCUT2D eigenvalue weighted by Gasteiger charge is 2.24. The largest absolute Gasteiger partial charge is 0.444 e. The maximum Gasteiger partial charge on any atom is 0.407 e. The van der Waals surface area contributed by atoms with Crippen molar-refractivity contribution in [2.24, 2.45) is 0 Å². The van der Waals surface area contributed by atoms with E-state index in [0.29, 0.717) is 19.4 Å². The first-order valence-electron chi connectivity index (χ1n) is 6.89. The lowest BCUT2D eigenvalue weighted by molar-refractivity contribution is -0.131. The normalized spacial score (nSPS) is 19.4. The number of ether oxygens (including phenoxy) is 1. The lowest BCUT2D eigenvalue weighted by Crippen LogP contribution is -2.35. The van der Waals surface area contributed by atoms with E-state index in [1.165, 1.54) is 0 Å². The predicted octanol–water partition coefficient (Wildman–Crippen LogP) is 2.12. The zero-order valence-electron chi connectivity index (χ0n) is 12.2. The molecule has 2 amide bonds. The van der Waals surface area contributed by atoms with Crippen LogP contribution in [0.1, 0.15) is 46.5 Å². The minimum atomic E-state index is -0.490. The fraction of sp³-hybridized carbons (Fsp3) is 0.786. The van der Waals surface area contributed by atoms with Crippen LogP contribution in [0.4, 0.5) is 4.79 Å². The average molecular weight is 269 g/mol. The second kappa shape index (κ2) is 6.78. The van der Waals surface area contributed by atoms with Gasteiger partial charge in [-0.15, -0.1) is 0 Å². The number of alkyl carbamates (subject to hydrolysis) is 1. The first-order chi connectivity index (χ1) is 8.79. The molecule has 1 rings (SSSR count). The maximum atomic E-state index is 11.9. The van der Waals surface area contributed by atoms with Crippen molar-refractivity contribution in [3.05, 3.63) is 6.92 Å². The van der Waals surface area contributed by atoms with Gasteiger partial charge in [-0.25, -0.2) is 4.79 Å². The van der Waals surface area contributed by atoms with Crippen LogP contribution < -0.4 is 5.32 Å². The predicted molar refractivity (Wildman–Crippen MR) is 73.6 cm³/mol. The van der Waals surface area contributed by atoms with Crippen LogP contribution in [0.2, 0.25) is 0 Å². The number of rotatable bonds is 4. The summed E-state index contributed by atoms with van der Waals surface area (Å²) < 4.78 is 5.11. The van der Waals surface area contributed by atoms with Crippen LogP contribution in [0.15, 0.2) is 0 Å². The molecule has 109 valence electrons. The Hall–Kier alpha value is -1.26. The molecule has 0 aliphatic carbocycles. The second-order valence-electron chi connectivity index (χ2n) is 5.92. The van der Waals surface area contributed by atoms with Crippen LogP contribution in [0.3, 0.4) is 0 Å². The van der Waals surface area contributed by atoms with E-state index < -0.39 is 11.7 Å². The number of carbonyl (C=O) groups excluding carboxylic acids is 2. The second-order valence-corrected chi connectivity index (χ2v) is 5.92. The third-order valence-corrected chi connectivity index (χ3v) is 2.93. The van der Waals surface area contributed by atoms with Crippen molar-refractivity contribution < 1.29 is 14.3 Å². The van der Waals surface area contributed by atoms with Gasteiger partial charge in [0.15, 0.2) is 0 Å². The number of nitrogens with one attached hydrogen (secondary N) is 1. The van der Waals surface area contributed by atoms with Gasteiger partial charge in [0.2, 0.25) is 5.91 Å². The Morgan fingerprint density at radius 2 is 2.11 bits per heavy atom. The maximum absolute atomic E-state index is 11.9. The standard InChI is InChI=1S/C14H25N2O3/c1-11-7-6-10-16(11)12(17)8-5-9-15-13(18)19-14(2,3)4/h11H,1,5-10H2,2-4H3,(H,15,18). The topological polar surface area (TPSA) is 58.6 Å². The lowest BCUT2D eigenvalue weighted by atomic mass is 10.2. The summed E-state index contributed by atoms with van der Waals surface area (Å²) in [5.74, 6) is 0.128. The Morgan fingerprint density at radius 3 is 2.63 bits per heavy atom. The molecule has 0 spiro atoms. The zero-order valence-corrected chi connectivity index (χ0v) is 12.2. The number of likely N-dealkylation sites (tertiary alicyclic amines) is 1. The van der Waals surface area contributed by atoms with Crippen LogP contribution in [0, 0.1) is 6.92 Å². The fourth-order valence-electron chi connectivity index (χ4n) is 2.05. The first kappa shape index (κ1) is 15.8. The van der Waals surface area contributed by atoms with Gasteiger partial charge in [0.05, 0.1) is 0 Å². The molecule has 0 aromatic carbocycles. The molecule has 1 aliphatic heterocycles. The van der Waals surface area contributed by atoms with Crippen LogP contribution in [0.5, 0.6) is 0 Å². The van der Waals surface area contributed by atoms with Gasteiger partial charge in [0.1, 0.15) is 5.60 Å². The van der Waals surface area contributed by atoms with Crippen LogP contribution >= 0.6 is 0 Å². The summed E-state index contributed by atoms with van der Waals surface area (Å²) in [6.45, 7) is 10.7. The molecule has 1 N–H and O–H groups in total. The molecule has 1 unspecified atom stereocenters. The van der Waals surface area contributed by atoms with Crippen LogP contribution in [0.25, 0.3) is 0 Å². The summed E-state index contributed by atoms with van der Waals surface area (Å²) in [6, 6.07) is 0.117. The molecule has 0 aromatic heterocycles. The number of carbonyl (C=O) groups is 2. The summed E-state index contributed by atoms with van der Waals surface area (Å²) >= 11 is 0. The first-order valence-corrected chi connectivity index (χ1v) is 6.89. The Bertz CT molecular complexity index is 323. The minimum Gasteiger partial charge on any atom is -0.444 e. The van der Waals surface area contributed by atoms with Crippen molar-refractivity contribution >= 4 is 12.0 Å². The molecule has 0 aromatic rings. The van der Waals surface area contributed by atoms with E-state index >= 15 is 0 Å². The molecule has 0 saturated carbocycles. The molecule has 1 fully saturated rings. The lowest BCUT2D eigenvalue weighted by Gasteiger charge is -2.21. The monoisotopic (exact) mass is 269 g/mol. The number of amides is 2. The van der Waals surface area contributed by atoms with Gasteiger partial charge in [-0.2, -0.15) is 0 Å². The van der Waals surface area contributed by atoms with Gasteiger partial charge < -0.3 is 15.0 Å². The van der Waals surface area contributed by atoms with E-state index in [1.807, 2.05) is 25.7 Å². The summed E-state index contributed by atoms with van der Waals surface area (Å²) in [5, 5.41) is 2.65. The highest BCUT2D eigenvalue weighted by atomic mass is 16.6. The van der Waals surface area contributed by atoms with Crippen molar-refractivity contribution in [1.82, 2.24) is 10.2 Å². The van der Waals surface area contributed by atoms with Gasteiger partial charge >= 0.3 is 6.09 Å². The molecule has 0 bridgehead atoms. The van der Waals surface area contributed by atoms with E-state index in [1.54, 1.807) is 0 Å². The molecule has 19 heavy (non-hydrogen) atoms. The summed E-state index contributed by atoms with van der Waals surface area (Å²) in [6.07, 6.45) is 2.66. The van der Waals surface area contributed by atoms with Gasteiger partial charge in [0.25, 0.3) is 0 Å². The molecule has 1 radical (unpaired) electrons. The molecular formula is C14H25N2O3. The molecule has 5 heteroatoms. The highest BCUT2D eigenvalue weighted by molar-refractivity contribution is 5.77. The summed E-state index contributed by atoms with van der Waals surface area (Å²) in [5.41, 5.74) is -0.490. The van der Waals surface area contributed by atoms with E-state index in [4.69, 9.17) is 4.74 Å². The highest BCUT2D eigenvalue weighted by Crippen LogP contribution is 2.17. The Labute approximate surface area is 115 Å². The number of hydrogen-bond donors (Lipinski definition) is 1. The van der Waals surface area contributed by atoms with Gasteiger partial charge in [-0.1, -0.05) is 0 Å². The van der Waals surface area contributed by atoms with Crippen molar-refractivity contribution in [3.8, 4) is 0 Å². The van der Waals surface area contributed by atoms with Crippen molar-refractivity contribution in [3.63, 3.8) is 0 Å². The quantitative estimate of drug-likeness (QED) is 0.795. The van der Waals surface area contributed by atoms with Gasteiger partial charge in [0, 0.05) is 25.6 Å². The van der Waals surface area contributed by atoms with Gasteiger partial charge in [-0.3, -0.25) is 4.79 Å². The third-order valence-electron chi connectivity index (χ3n) is 2.93. The third kappa shape index (κ3) is 5.94. The van der Waals surface area contributed by atoms with E-state index in [9.17, 15) is 9.59 Å². The van der Waals surface area contributed by atoms with Gasteiger partial charge in [-0.05, 0) is 47.0 Å². The average Bonchev–Trinajstić information content (AvgIpc) is 2.68. The van der Waals surface area contributed by atoms with E-state index in [0.717, 1.165) is 19.4 Å². The Morgan fingerprint density at radius 1 is 1.42 bits per heavy atom. The Kier molecular flexibility index (Phi) is 5.63. The van der Waals surface area contributed by atoms with E-state index in [-0.39, 0.29) is 11.9 Å². The molecule has 5 nitrogen and oxygen atoms in total. The molecule has 1 saturated heterocycles. The molecule has 1 aliphatic rings. The summed E-state index contributed by atoms with van der Waals surface area (Å²) in [4.78, 5) is 25.1. The number of hydrogen-bond acceptors (Lipinski definition) is 3. The SMILES string of the molecule is [CH2]C1CCCN1C(=O)CCCNC(=O)OC(C)(C)C. The van der Waals surface area contributed by atoms with E-state index in [2.05, 4.69) is 12.2 Å². The van der Waals surface area contributed by atoms with Crippen molar-refractivity contribution in [2.75, 3.05) is 13.1 Å². The summed E-state index contributed by atoms with van der Waals surface area (Å²) in [7, 11) is 0. The van der Waals surface area contributed by atoms with Crippen molar-refractivity contribution in [2.45, 2.75) is 58.1 Å². The van der Waals surface area contributed by atoms with Crippen molar-refractivity contribution in [1.29, 1.82) is 0 Å². The zero-order chi connectivity index (χ0) is 14.5. The molecule has 1 atom stereocenters. The number of nitrogens with zero attached hydrogens (tertiary/aromatic N) is 1. The minimum absolute atomic E-state index is 0.117. The molecular weight excluding hydrogens is 244 g/mol. The smallest absolute Gasteiger partial charge is 0.407 e. The van der Waals surface area contributed by atoms with Crippen LogP contribution in [-0.4, -0.2) is 41.6 Å². The Balaban J connectivity index is 2.14. The van der Waals surface area contributed by atoms with Crippen LogP contribution in [-0.2, 0) is 9.53 Å². The fourth-order valence-corrected chi connectivity index (χ4v) is 2.05.